The lowest BCUT2D eigenvalue weighted by Gasteiger charge is -1.99. The van der Waals surface area contributed by atoms with Gasteiger partial charge in [-0.25, -0.2) is 4.98 Å². The Kier molecular flexibility index (Phi) is 3.02. The summed E-state index contributed by atoms with van der Waals surface area (Å²) in [5.74, 6) is 1.41. The Morgan fingerprint density at radius 2 is 2.11 bits per heavy atom. The van der Waals surface area contributed by atoms with Crippen molar-refractivity contribution in [1.82, 2.24) is 14.8 Å². The van der Waals surface area contributed by atoms with Crippen LogP contribution in [0.25, 0.3) is 11.5 Å². The third-order valence-electron chi connectivity index (χ3n) is 2.77. The Morgan fingerprint density at radius 1 is 1.26 bits per heavy atom. The predicted molar refractivity (Wildman–Crippen MR) is 69.8 cm³/mol. The van der Waals surface area contributed by atoms with Gasteiger partial charge in [-0.05, 0) is 30.3 Å². The molecule has 96 valence electrons. The van der Waals surface area contributed by atoms with Gasteiger partial charge in [0.25, 0.3) is 0 Å². The van der Waals surface area contributed by atoms with Gasteiger partial charge in [0.1, 0.15) is 17.7 Å². The molecule has 3 aromatic rings. The van der Waals surface area contributed by atoms with Gasteiger partial charge in [-0.15, -0.1) is 0 Å². The summed E-state index contributed by atoms with van der Waals surface area (Å²) in [6.07, 6.45) is 5.29. The second-order valence-corrected chi connectivity index (χ2v) is 4.08. The highest BCUT2D eigenvalue weighted by Crippen LogP contribution is 2.21. The predicted octanol–water partition coefficient (Wildman–Crippen LogP) is 2.60. The van der Waals surface area contributed by atoms with Gasteiger partial charge in [-0.3, -0.25) is 4.68 Å². The molecular weight excluding hydrogens is 242 g/mol. The van der Waals surface area contributed by atoms with Crippen LogP contribution in [-0.4, -0.2) is 21.9 Å². The number of benzene rings is 1. The molecule has 0 aliphatic rings. The maximum atomic E-state index is 5.48. The Balaban J connectivity index is 1.80. The van der Waals surface area contributed by atoms with E-state index in [1.54, 1.807) is 24.3 Å². The Bertz CT molecular complexity index is 642. The van der Waals surface area contributed by atoms with Crippen LogP contribution in [-0.2, 0) is 6.54 Å². The summed E-state index contributed by atoms with van der Waals surface area (Å²) in [6, 6.07) is 9.48. The van der Waals surface area contributed by atoms with E-state index in [-0.39, 0.29) is 0 Å². The normalized spacial score (nSPS) is 10.6. The molecule has 0 bridgehead atoms. The average molecular weight is 255 g/mol. The van der Waals surface area contributed by atoms with Gasteiger partial charge in [-0.2, -0.15) is 5.10 Å². The summed E-state index contributed by atoms with van der Waals surface area (Å²) in [7, 11) is 1.64. The van der Waals surface area contributed by atoms with E-state index >= 15 is 0 Å². The third kappa shape index (κ3) is 2.49. The summed E-state index contributed by atoms with van der Waals surface area (Å²) in [4.78, 5) is 4.44. The van der Waals surface area contributed by atoms with Crippen LogP contribution in [0.1, 0.15) is 5.69 Å². The zero-order valence-corrected chi connectivity index (χ0v) is 10.5. The standard InChI is InChI=1S/C14H13N3O2/c1-18-13-5-3-11(4-6-13)14-16-12(10-19-14)9-17-8-2-7-15-17/h2-8,10H,9H2,1H3. The van der Waals surface area contributed by atoms with Gasteiger partial charge in [0, 0.05) is 18.0 Å². The molecule has 1 aromatic carbocycles. The first-order valence-electron chi connectivity index (χ1n) is 5.91. The van der Waals surface area contributed by atoms with Crippen LogP contribution in [0, 0.1) is 0 Å². The van der Waals surface area contributed by atoms with Gasteiger partial charge in [0.2, 0.25) is 5.89 Å². The van der Waals surface area contributed by atoms with Crippen molar-refractivity contribution < 1.29 is 9.15 Å². The molecule has 0 atom stereocenters. The Hall–Kier alpha value is -2.56. The van der Waals surface area contributed by atoms with Crippen molar-refractivity contribution in [2.24, 2.45) is 0 Å². The molecule has 2 aromatic heterocycles. The van der Waals surface area contributed by atoms with Crippen molar-refractivity contribution in [3.8, 4) is 17.2 Å². The summed E-state index contributed by atoms with van der Waals surface area (Å²) in [5, 5.41) is 4.13. The lowest BCUT2D eigenvalue weighted by atomic mass is 10.2. The minimum atomic E-state index is 0.602. The molecule has 0 aliphatic heterocycles. The van der Waals surface area contributed by atoms with E-state index in [0.29, 0.717) is 12.4 Å². The van der Waals surface area contributed by atoms with Crippen molar-refractivity contribution in [1.29, 1.82) is 0 Å². The van der Waals surface area contributed by atoms with E-state index < -0.39 is 0 Å². The third-order valence-corrected chi connectivity index (χ3v) is 2.77. The number of aromatic nitrogens is 3. The fourth-order valence-corrected chi connectivity index (χ4v) is 1.81. The number of nitrogens with zero attached hydrogens (tertiary/aromatic N) is 3. The van der Waals surface area contributed by atoms with Gasteiger partial charge >= 0.3 is 0 Å². The topological polar surface area (TPSA) is 53.1 Å². The minimum Gasteiger partial charge on any atom is -0.497 e. The number of methoxy groups -OCH3 is 1. The van der Waals surface area contributed by atoms with Crippen LogP contribution in [0.15, 0.2) is 53.4 Å². The van der Waals surface area contributed by atoms with Gasteiger partial charge in [0.05, 0.1) is 13.7 Å². The minimum absolute atomic E-state index is 0.602. The molecule has 0 saturated carbocycles. The van der Waals surface area contributed by atoms with E-state index in [2.05, 4.69) is 10.1 Å². The first-order chi connectivity index (χ1) is 9.35. The number of rotatable bonds is 4. The van der Waals surface area contributed by atoms with Crippen molar-refractivity contribution in [3.63, 3.8) is 0 Å². The van der Waals surface area contributed by atoms with E-state index in [1.807, 2.05) is 36.5 Å². The molecule has 3 rings (SSSR count). The van der Waals surface area contributed by atoms with Crippen molar-refractivity contribution in [3.05, 3.63) is 54.7 Å². The average Bonchev–Trinajstić information content (AvgIpc) is 3.11. The van der Waals surface area contributed by atoms with Crippen LogP contribution < -0.4 is 4.74 Å². The molecule has 0 spiro atoms. The number of hydrogen-bond acceptors (Lipinski definition) is 4. The molecule has 0 radical (unpaired) electrons. The maximum absolute atomic E-state index is 5.48. The fourth-order valence-electron chi connectivity index (χ4n) is 1.81. The molecule has 0 aliphatic carbocycles. The molecule has 0 amide bonds. The second kappa shape index (κ2) is 4.97. The van der Waals surface area contributed by atoms with Crippen molar-refractivity contribution in [2.75, 3.05) is 7.11 Å². The highest BCUT2D eigenvalue weighted by atomic mass is 16.5. The SMILES string of the molecule is COc1ccc(-c2nc(Cn3cccn3)co2)cc1. The molecule has 0 saturated heterocycles. The van der Waals surface area contributed by atoms with Crippen LogP contribution >= 0.6 is 0 Å². The molecule has 5 heteroatoms. The first-order valence-corrected chi connectivity index (χ1v) is 5.91. The monoisotopic (exact) mass is 255 g/mol. The molecule has 5 nitrogen and oxygen atoms in total. The van der Waals surface area contributed by atoms with Crippen LogP contribution in [0.2, 0.25) is 0 Å². The van der Waals surface area contributed by atoms with Crippen LogP contribution in [0.5, 0.6) is 5.75 Å². The van der Waals surface area contributed by atoms with Gasteiger partial charge < -0.3 is 9.15 Å². The quantitative estimate of drug-likeness (QED) is 0.719. The van der Waals surface area contributed by atoms with E-state index in [1.165, 1.54) is 0 Å². The van der Waals surface area contributed by atoms with E-state index in [0.717, 1.165) is 17.0 Å². The van der Waals surface area contributed by atoms with Crippen molar-refractivity contribution in [2.45, 2.75) is 6.54 Å². The van der Waals surface area contributed by atoms with Crippen molar-refractivity contribution >= 4 is 0 Å². The summed E-state index contributed by atoms with van der Waals surface area (Å²) < 4.78 is 12.4. The molecule has 0 unspecified atom stereocenters. The van der Waals surface area contributed by atoms with Gasteiger partial charge in [0.15, 0.2) is 0 Å². The summed E-state index contributed by atoms with van der Waals surface area (Å²) in [5.41, 5.74) is 1.77. The molecule has 2 heterocycles. The van der Waals surface area contributed by atoms with E-state index in [9.17, 15) is 0 Å². The second-order valence-electron chi connectivity index (χ2n) is 4.08. The molecular formula is C14H13N3O2. The smallest absolute Gasteiger partial charge is 0.226 e. The van der Waals surface area contributed by atoms with Gasteiger partial charge in [-0.1, -0.05) is 0 Å². The highest BCUT2D eigenvalue weighted by molar-refractivity contribution is 5.54. The largest absolute Gasteiger partial charge is 0.497 e. The Morgan fingerprint density at radius 3 is 2.79 bits per heavy atom. The van der Waals surface area contributed by atoms with Crippen LogP contribution in [0.4, 0.5) is 0 Å². The summed E-state index contributed by atoms with van der Waals surface area (Å²) >= 11 is 0. The van der Waals surface area contributed by atoms with E-state index in [4.69, 9.17) is 9.15 Å². The summed E-state index contributed by atoms with van der Waals surface area (Å²) in [6.45, 7) is 0.604. The number of ether oxygens (including phenoxy) is 1. The fraction of sp³-hybridized carbons (Fsp3) is 0.143. The molecule has 0 N–H and O–H groups in total. The number of hydrogen-bond donors (Lipinski definition) is 0. The first kappa shape index (κ1) is 11.5. The lowest BCUT2D eigenvalue weighted by Crippen LogP contribution is -1.99. The molecule has 19 heavy (non-hydrogen) atoms. The lowest BCUT2D eigenvalue weighted by molar-refractivity contribution is 0.415. The maximum Gasteiger partial charge on any atom is 0.226 e. The zero-order valence-electron chi connectivity index (χ0n) is 10.5. The highest BCUT2D eigenvalue weighted by Gasteiger charge is 2.07. The van der Waals surface area contributed by atoms with Crippen LogP contribution in [0.3, 0.4) is 0 Å². The number of oxazole rings is 1. The molecule has 0 fully saturated rings. The Labute approximate surface area is 110 Å². The zero-order chi connectivity index (χ0) is 13.1.